The average Bonchev–Trinajstić information content (AvgIpc) is 3.28. The third kappa shape index (κ3) is 6.30. The Kier molecular flexibility index (Phi) is 8.06. The maximum atomic E-state index is 12.4. The molecule has 4 aromatic rings. The van der Waals surface area contributed by atoms with Gasteiger partial charge < -0.3 is 14.8 Å². The molecule has 0 fully saturated rings. The van der Waals surface area contributed by atoms with Gasteiger partial charge >= 0.3 is 0 Å². The highest BCUT2D eigenvalue weighted by atomic mass is 35.5. The molecule has 1 N–H and O–H groups in total. The molecule has 9 heteroatoms. The van der Waals surface area contributed by atoms with Gasteiger partial charge in [-0.1, -0.05) is 53.7 Å². The molecular weight excluding hydrogens is 472 g/mol. The fourth-order valence-corrected chi connectivity index (χ4v) is 4.19. The van der Waals surface area contributed by atoms with Crippen molar-refractivity contribution in [1.29, 1.82) is 0 Å². The van der Waals surface area contributed by atoms with Crippen molar-refractivity contribution in [3.05, 3.63) is 95.3 Å². The number of amides is 1. The lowest BCUT2D eigenvalue weighted by atomic mass is 10.2. The zero-order valence-electron chi connectivity index (χ0n) is 18.5. The summed E-state index contributed by atoms with van der Waals surface area (Å²) in [5.41, 5.74) is 1.83. The molecule has 0 radical (unpaired) electrons. The summed E-state index contributed by atoms with van der Waals surface area (Å²) in [5.74, 6) is 2.17. The minimum absolute atomic E-state index is 0.108. The predicted molar refractivity (Wildman–Crippen MR) is 133 cm³/mol. The van der Waals surface area contributed by atoms with Crippen LogP contribution in [0.15, 0.2) is 84.0 Å². The minimum Gasteiger partial charge on any atom is -0.497 e. The molecule has 1 amide bonds. The number of benzene rings is 3. The molecule has 0 saturated carbocycles. The second-order valence-corrected chi connectivity index (χ2v) is 8.61. The van der Waals surface area contributed by atoms with Crippen LogP contribution in [0, 0.1) is 0 Å². The highest BCUT2D eigenvalue weighted by Crippen LogP contribution is 2.24. The van der Waals surface area contributed by atoms with Crippen molar-refractivity contribution in [3.8, 4) is 17.2 Å². The summed E-state index contributed by atoms with van der Waals surface area (Å²) in [5, 5.41) is 12.8. The molecule has 0 unspecified atom stereocenters. The molecule has 7 nitrogen and oxygen atoms in total. The standard InChI is InChI=1S/C25H23ClN4O3S/c1-32-21-10-12-22(13-11-21)33-16-23-28-29-25(30(23)20-8-3-2-4-9-20)34-17-24(31)27-15-18-6-5-7-19(26)14-18/h2-14H,15-17H2,1H3,(H,27,31). The van der Waals surface area contributed by atoms with Crippen LogP contribution in [0.25, 0.3) is 5.69 Å². The van der Waals surface area contributed by atoms with Crippen LogP contribution in [0.5, 0.6) is 11.5 Å². The Morgan fingerprint density at radius 2 is 1.76 bits per heavy atom. The maximum absolute atomic E-state index is 12.4. The van der Waals surface area contributed by atoms with E-state index < -0.39 is 0 Å². The van der Waals surface area contributed by atoms with Crippen molar-refractivity contribution in [1.82, 2.24) is 20.1 Å². The Hall–Kier alpha value is -3.49. The van der Waals surface area contributed by atoms with Gasteiger partial charge in [0.05, 0.1) is 12.9 Å². The largest absolute Gasteiger partial charge is 0.497 e. The number of nitrogens with one attached hydrogen (secondary N) is 1. The fraction of sp³-hybridized carbons (Fsp3) is 0.160. The van der Waals surface area contributed by atoms with E-state index in [-0.39, 0.29) is 18.3 Å². The summed E-state index contributed by atoms with van der Waals surface area (Å²) in [4.78, 5) is 12.4. The van der Waals surface area contributed by atoms with E-state index in [4.69, 9.17) is 21.1 Å². The van der Waals surface area contributed by atoms with Crippen LogP contribution < -0.4 is 14.8 Å². The average molecular weight is 495 g/mol. The number of para-hydroxylation sites is 1. The molecule has 0 atom stereocenters. The first-order valence-electron chi connectivity index (χ1n) is 10.5. The number of thioether (sulfide) groups is 1. The van der Waals surface area contributed by atoms with E-state index in [9.17, 15) is 4.79 Å². The Labute approximate surface area is 207 Å². The zero-order valence-corrected chi connectivity index (χ0v) is 20.1. The molecular formula is C25H23ClN4O3S. The summed E-state index contributed by atoms with van der Waals surface area (Å²) in [7, 11) is 1.62. The number of hydrogen-bond donors (Lipinski definition) is 1. The summed E-state index contributed by atoms with van der Waals surface area (Å²) in [6, 6.07) is 24.5. The number of carbonyl (C=O) groups is 1. The fourth-order valence-electron chi connectivity index (χ4n) is 3.17. The summed E-state index contributed by atoms with van der Waals surface area (Å²) in [6.45, 7) is 0.627. The van der Waals surface area contributed by atoms with Crippen molar-refractivity contribution in [2.45, 2.75) is 18.3 Å². The molecule has 0 aliphatic rings. The van der Waals surface area contributed by atoms with Gasteiger partial charge in [0.1, 0.15) is 18.1 Å². The molecule has 1 heterocycles. The van der Waals surface area contributed by atoms with Gasteiger partial charge in [-0.25, -0.2) is 0 Å². The molecule has 0 bridgehead atoms. The number of halogens is 1. The topological polar surface area (TPSA) is 78.3 Å². The number of aromatic nitrogens is 3. The number of ether oxygens (including phenoxy) is 2. The van der Waals surface area contributed by atoms with Gasteiger partial charge in [0.2, 0.25) is 5.91 Å². The first-order valence-corrected chi connectivity index (χ1v) is 11.9. The molecule has 0 aliphatic carbocycles. The van der Waals surface area contributed by atoms with E-state index in [0.717, 1.165) is 17.0 Å². The van der Waals surface area contributed by atoms with E-state index >= 15 is 0 Å². The lowest BCUT2D eigenvalue weighted by molar-refractivity contribution is -0.118. The highest BCUT2D eigenvalue weighted by molar-refractivity contribution is 7.99. The Morgan fingerprint density at radius 1 is 1.00 bits per heavy atom. The van der Waals surface area contributed by atoms with Crippen LogP contribution in [-0.2, 0) is 17.9 Å². The van der Waals surface area contributed by atoms with Crippen LogP contribution in [0.4, 0.5) is 0 Å². The van der Waals surface area contributed by atoms with Gasteiger partial charge in [-0.3, -0.25) is 9.36 Å². The lowest BCUT2D eigenvalue weighted by Crippen LogP contribution is -2.24. The number of nitrogens with zero attached hydrogens (tertiary/aromatic N) is 3. The summed E-state index contributed by atoms with van der Waals surface area (Å²) in [6.07, 6.45) is 0. The Balaban J connectivity index is 1.43. The Morgan fingerprint density at radius 3 is 2.50 bits per heavy atom. The number of rotatable bonds is 10. The quantitative estimate of drug-likeness (QED) is 0.315. The van der Waals surface area contributed by atoms with Gasteiger partial charge in [-0.2, -0.15) is 0 Å². The highest BCUT2D eigenvalue weighted by Gasteiger charge is 2.16. The third-order valence-corrected chi connectivity index (χ3v) is 6.02. The molecule has 174 valence electrons. The predicted octanol–water partition coefficient (Wildman–Crippen LogP) is 4.92. The van der Waals surface area contributed by atoms with Crippen LogP contribution in [0.1, 0.15) is 11.4 Å². The van der Waals surface area contributed by atoms with Gasteiger partial charge in [0, 0.05) is 17.3 Å². The first kappa shape index (κ1) is 23.7. The number of carbonyl (C=O) groups excluding carboxylic acids is 1. The van der Waals surface area contributed by atoms with Gasteiger partial charge in [0.15, 0.2) is 11.0 Å². The first-order chi connectivity index (χ1) is 16.6. The number of methoxy groups -OCH3 is 1. The normalized spacial score (nSPS) is 10.6. The second-order valence-electron chi connectivity index (χ2n) is 7.23. The van der Waals surface area contributed by atoms with E-state index in [1.165, 1.54) is 11.8 Å². The van der Waals surface area contributed by atoms with E-state index in [2.05, 4.69) is 15.5 Å². The van der Waals surface area contributed by atoms with Crippen molar-refractivity contribution < 1.29 is 14.3 Å². The molecule has 34 heavy (non-hydrogen) atoms. The molecule has 3 aromatic carbocycles. The monoisotopic (exact) mass is 494 g/mol. The van der Waals surface area contributed by atoms with Crippen molar-refractivity contribution in [2.75, 3.05) is 12.9 Å². The van der Waals surface area contributed by atoms with Gasteiger partial charge in [-0.05, 0) is 54.1 Å². The number of hydrogen-bond acceptors (Lipinski definition) is 6. The van der Waals surface area contributed by atoms with E-state index in [1.807, 2.05) is 77.4 Å². The minimum atomic E-state index is -0.108. The van der Waals surface area contributed by atoms with Crippen molar-refractivity contribution in [2.24, 2.45) is 0 Å². The van der Waals surface area contributed by atoms with Gasteiger partial charge in [0.25, 0.3) is 0 Å². The summed E-state index contributed by atoms with van der Waals surface area (Å²) < 4.78 is 13.0. The van der Waals surface area contributed by atoms with Crippen LogP contribution >= 0.6 is 23.4 Å². The second kappa shape index (κ2) is 11.6. The summed E-state index contributed by atoms with van der Waals surface area (Å²) >= 11 is 7.32. The zero-order chi connectivity index (χ0) is 23.8. The molecule has 1 aromatic heterocycles. The smallest absolute Gasteiger partial charge is 0.230 e. The van der Waals surface area contributed by atoms with Crippen molar-refractivity contribution >= 4 is 29.3 Å². The van der Waals surface area contributed by atoms with Crippen LogP contribution in [-0.4, -0.2) is 33.5 Å². The SMILES string of the molecule is COc1ccc(OCc2nnc(SCC(=O)NCc3cccc(Cl)c3)n2-c2ccccc2)cc1. The third-order valence-electron chi connectivity index (χ3n) is 4.85. The Bertz CT molecular complexity index is 1230. The lowest BCUT2D eigenvalue weighted by Gasteiger charge is -2.11. The van der Waals surface area contributed by atoms with Crippen LogP contribution in [0.3, 0.4) is 0 Å². The maximum Gasteiger partial charge on any atom is 0.230 e. The molecule has 0 spiro atoms. The van der Waals surface area contributed by atoms with E-state index in [0.29, 0.717) is 28.3 Å². The molecule has 0 saturated heterocycles. The van der Waals surface area contributed by atoms with E-state index in [1.54, 1.807) is 13.2 Å². The van der Waals surface area contributed by atoms with Gasteiger partial charge in [-0.15, -0.1) is 10.2 Å². The molecule has 4 rings (SSSR count). The van der Waals surface area contributed by atoms with Crippen molar-refractivity contribution in [3.63, 3.8) is 0 Å². The van der Waals surface area contributed by atoms with Crippen LogP contribution in [0.2, 0.25) is 5.02 Å². The molecule has 0 aliphatic heterocycles.